The highest BCUT2D eigenvalue weighted by Crippen LogP contribution is 2.30. The summed E-state index contributed by atoms with van der Waals surface area (Å²) in [5.41, 5.74) is 0.959. The zero-order valence-corrected chi connectivity index (χ0v) is 16.2. The van der Waals surface area contributed by atoms with Crippen LogP contribution in [0.2, 0.25) is 0 Å². The number of esters is 1. The molecule has 2 aromatic rings. The lowest BCUT2D eigenvalue weighted by atomic mass is 10.2. The van der Waals surface area contributed by atoms with Crippen LogP contribution in [0.4, 0.5) is 5.95 Å². The van der Waals surface area contributed by atoms with Crippen molar-refractivity contribution in [3.63, 3.8) is 0 Å². The van der Waals surface area contributed by atoms with Gasteiger partial charge in [-0.1, -0.05) is 0 Å². The average molecular weight is 386 g/mol. The highest BCUT2D eigenvalue weighted by atomic mass is 32.1. The maximum Gasteiger partial charge on any atom is 0.341 e. The lowest BCUT2D eigenvalue weighted by molar-refractivity contribution is -0.137. The molecule has 0 aliphatic carbocycles. The second kappa shape index (κ2) is 7.28. The number of carbonyl (C=O) groups is 3. The van der Waals surface area contributed by atoms with E-state index < -0.39 is 17.8 Å². The van der Waals surface area contributed by atoms with Crippen molar-refractivity contribution in [1.29, 1.82) is 0 Å². The predicted molar refractivity (Wildman–Crippen MR) is 100 cm³/mol. The standard InChI is InChI=1S/C18H18N4O4S/c1-5-26-17(25)12-9-19-18(20-15(12)13-7-6-11(3)27-13)21(4)22-14(23)8-10(2)16(22)24/h6-9H,5H2,1-4H3. The summed E-state index contributed by atoms with van der Waals surface area (Å²) in [7, 11) is 1.52. The van der Waals surface area contributed by atoms with Crippen molar-refractivity contribution in [2.75, 3.05) is 18.7 Å². The van der Waals surface area contributed by atoms with Crippen molar-refractivity contribution in [3.8, 4) is 10.6 Å². The van der Waals surface area contributed by atoms with E-state index >= 15 is 0 Å². The van der Waals surface area contributed by atoms with Gasteiger partial charge in [0.05, 0.1) is 11.5 Å². The Morgan fingerprint density at radius 3 is 2.59 bits per heavy atom. The third-order valence-corrected chi connectivity index (χ3v) is 4.92. The van der Waals surface area contributed by atoms with Crippen LogP contribution in [0.25, 0.3) is 10.6 Å². The molecule has 27 heavy (non-hydrogen) atoms. The number of aromatic nitrogens is 2. The molecule has 140 valence electrons. The molecule has 0 saturated heterocycles. The van der Waals surface area contributed by atoms with Gasteiger partial charge in [0.1, 0.15) is 11.3 Å². The van der Waals surface area contributed by atoms with E-state index in [9.17, 15) is 14.4 Å². The van der Waals surface area contributed by atoms with Gasteiger partial charge < -0.3 is 4.74 Å². The zero-order valence-electron chi connectivity index (χ0n) is 15.3. The predicted octanol–water partition coefficient (Wildman–Crippen LogP) is 2.36. The average Bonchev–Trinajstić information content (AvgIpc) is 3.17. The second-order valence-corrected chi connectivity index (χ2v) is 7.16. The van der Waals surface area contributed by atoms with Crippen LogP contribution in [0.1, 0.15) is 29.1 Å². The van der Waals surface area contributed by atoms with Crippen LogP contribution in [-0.4, -0.2) is 46.4 Å². The highest BCUT2D eigenvalue weighted by Gasteiger charge is 2.33. The first-order valence-corrected chi connectivity index (χ1v) is 9.06. The van der Waals surface area contributed by atoms with Crippen LogP contribution in [-0.2, 0) is 14.3 Å². The molecule has 2 aromatic heterocycles. The number of amides is 2. The number of anilines is 1. The molecule has 8 nitrogen and oxygen atoms in total. The number of hydrazine groups is 1. The summed E-state index contributed by atoms with van der Waals surface area (Å²) in [6.07, 6.45) is 2.61. The lowest BCUT2D eigenvalue weighted by Crippen LogP contribution is -2.45. The van der Waals surface area contributed by atoms with Gasteiger partial charge >= 0.3 is 5.97 Å². The number of thiophene rings is 1. The number of rotatable bonds is 5. The molecule has 0 spiro atoms. The van der Waals surface area contributed by atoms with Crippen molar-refractivity contribution in [2.24, 2.45) is 0 Å². The van der Waals surface area contributed by atoms with Gasteiger partial charge in [-0.2, -0.15) is 5.01 Å². The summed E-state index contributed by atoms with van der Waals surface area (Å²) in [5.74, 6) is -1.31. The molecule has 0 fully saturated rings. The number of hydrogen-bond acceptors (Lipinski definition) is 8. The van der Waals surface area contributed by atoms with Gasteiger partial charge in [0, 0.05) is 29.8 Å². The van der Waals surface area contributed by atoms with Crippen LogP contribution in [0, 0.1) is 6.92 Å². The summed E-state index contributed by atoms with van der Waals surface area (Å²) in [6.45, 7) is 5.46. The summed E-state index contributed by atoms with van der Waals surface area (Å²) in [4.78, 5) is 47.0. The van der Waals surface area contributed by atoms with Gasteiger partial charge in [-0.3, -0.25) is 9.59 Å². The lowest BCUT2D eigenvalue weighted by Gasteiger charge is -2.26. The van der Waals surface area contributed by atoms with E-state index in [4.69, 9.17) is 4.74 Å². The normalized spacial score (nSPS) is 13.8. The zero-order chi connectivity index (χ0) is 19.7. The molecule has 0 aromatic carbocycles. The largest absolute Gasteiger partial charge is 0.462 e. The number of nitrogens with zero attached hydrogens (tertiary/aromatic N) is 4. The van der Waals surface area contributed by atoms with Crippen molar-refractivity contribution in [1.82, 2.24) is 15.0 Å². The molecule has 0 radical (unpaired) electrons. The molecule has 3 heterocycles. The summed E-state index contributed by atoms with van der Waals surface area (Å²) < 4.78 is 5.09. The molecule has 0 bridgehead atoms. The quantitative estimate of drug-likeness (QED) is 0.575. The number of ether oxygens (including phenoxy) is 1. The molecular weight excluding hydrogens is 368 g/mol. The fourth-order valence-corrected chi connectivity index (χ4v) is 3.46. The Hall–Kier alpha value is -3.07. The number of imide groups is 1. The van der Waals surface area contributed by atoms with Gasteiger partial charge in [-0.15, -0.1) is 11.3 Å². The smallest absolute Gasteiger partial charge is 0.341 e. The van der Waals surface area contributed by atoms with Gasteiger partial charge in [-0.25, -0.2) is 19.8 Å². The SMILES string of the molecule is CCOC(=O)c1cnc(N(C)N2C(=O)C=C(C)C2=O)nc1-c1ccc(C)s1. The van der Waals surface area contributed by atoms with Gasteiger partial charge in [0.15, 0.2) is 0 Å². The number of hydrogen-bond donors (Lipinski definition) is 0. The van der Waals surface area contributed by atoms with E-state index in [2.05, 4.69) is 9.97 Å². The van der Waals surface area contributed by atoms with E-state index in [0.29, 0.717) is 11.3 Å². The molecule has 0 unspecified atom stereocenters. The molecule has 0 atom stereocenters. The van der Waals surface area contributed by atoms with Gasteiger partial charge in [0.25, 0.3) is 11.8 Å². The van der Waals surface area contributed by atoms with Gasteiger partial charge in [0.2, 0.25) is 5.95 Å². The van der Waals surface area contributed by atoms with E-state index in [-0.39, 0.29) is 18.1 Å². The number of aryl methyl sites for hydroxylation is 1. The first-order chi connectivity index (χ1) is 12.8. The fourth-order valence-electron chi connectivity index (χ4n) is 2.59. The van der Waals surface area contributed by atoms with Crippen molar-refractivity contribution in [3.05, 3.63) is 40.4 Å². The summed E-state index contributed by atoms with van der Waals surface area (Å²) in [5, 5.41) is 2.23. The molecule has 3 rings (SSSR count). The Labute approximate surface area is 160 Å². The van der Waals surface area contributed by atoms with E-state index in [1.807, 2.05) is 19.1 Å². The third-order valence-electron chi connectivity index (χ3n) is 3.91. The molecular formula is C18H18N4O4S. The maximum absolute atomic E-state index is 12.3. The minimum Gasteiger partial charge on any atom is -0.462 e. The summed E-state index contributed by atoms with van der Waals surface area (Å²) >= 11 is 1.47. The van der Waals surface area contributed by atoms with Crippen LogP contribution in [0.3, 0.4) is 0 Å². The topological polar surface area (TPSA) is 92.7 Å². The van der Waals surface area contributed by atoms with E-state index in [1.54, 1.807) is 13.8 Å². The molecule has 0 N–H and O–H groups in total. The Morgan fingerprint density at radius 1 is 1.30 bits per heavy atom. The molecule has 2 amide bonds. The van der Waals surface area contributed by atoms with Crippen molar-refractivity contribution >= 4 is 35.1 Å². The van der Waals surface area contributed by atoms with Crippen molar-refractivity contribution < 1.29 is 19.1 Å². The molecule has 0 saturated carbocycles. The van der Waals surface area contributed by atoms with Gasteiger partial charge in [-0.05, 0) is 32.9 Å². The molecule has 1 aliphatic heterocycles. The summed E-state index contributed by atoms with van der Waals surface area (Å²) in [6, 6.07) is 3.77. The van der Waals surface area contributed by atoms with Crippen LogP contribution in [0.5, 0.6) is 0 Å². The number of carbonyl (C=O) groups excluding carboxylic acids is 3. The van der Waals surface area contributed by atoms with E-state index in [0.717, 1.165) is 14.8 Å². The minimum atomic E-state index is -0.529. The Bertz CT molecular complexity index is 966. The van der Waals surface area contributed by atoms with E-state index in [1.165, 1.54) is 35.7 Å². The first-order valence-electron chi connectivity index (χ1n) is 8.24. The van der Waals surface area contributed by atoms with Crippen LogP contribution >= 0.6 is 11.3 Å². The maximum atomic E-state index is 12.3. The van der Waals surface area contributed by atoms with Crippen LogP contribution < -0.4 is 5.01 Å². The second-order valence-electron chi connectivity index (χ2n) is 5.87. The molecule has 1 aliphatic rings. The monoisotopic (exact) mass is 386 g/mol. The first kappa shape index (κ1) is 18.7. The Kier molecular flexibility index (Phi) is 5.04. The minimum absolute atomic E-state index is 0.119. The highest BCUT2D eigenvalue weighted by molar-refractivity contribution is 7.15. The third kappa shape index (κ3) is 3.45. The fraction of sp³-hybridized carbons (Fsp3) is 0.278. The van der Waals surface area contributed by atoms with Crippen molar-refractivity contribution in [2.45, 2.75) is 20.8 Å². The van der Waals surface area contributed by atoms with Crippen LogP contribution in [0.15, 0.2) is 30.0 Å². The Balaban J connectivity index is 2.04. The molecule has 9 heteroatoms. The Morgan fingerprint density at radius 2 is 2.04 bits per heavy atom.